The van der Waals surface area contributed by atoms with Crippen LogP contribution in [-0.2, 0) is 67.4 Å². The first-order chi connectivity index (χ1) is 59.0. The van der Waals surface area contributed by atoms with Crippen molar-refractivity contribution < 1.29 is 42.9 Å². The maximum atomic E-state index is 13.4. The van der Waals surface area contributed by atoms with Crippen LogP contribution in [-0.4, -0.2) is 141 Å². The molecule has 0 N–H and O–H groups in total. The summed E-state index contributed by atoms with van der Waals surface area (Å²) in [7, 11) is 9.57. The molecule has 620 valence electrons. The number of carbonyl (C=O) groups excluding carboxylic acids is 4. The number of rotatable bonds is 6. The minimum Gasteiger partial charge on any atom is -0.482 e. The summed E-state index contributed by atoms with van der Waals surface area (Å²) in [4.78, 5) is 60.6. The van der Waals surface area contributed by atoms with E-state index in [2.05, 4.69) is 77.0 Å². The van der Waals surface area contributed by atoms with E-state index in [-0.39, 0.29) is 29.0 Å². The predicted octanol–water partition coefficient (Wildman–Crippen LogP) is 17.6. The first-order valence-electron chi connectivity index (χ1n) is 42.0. The number of aromatic nitrogens is 8. The maximum absolute atomic E-state index is 13.4. The fraction of sp³-hybridized carbons (Fsp3) is 0.313. The van der Waals surface area contributed by atoms with Crippen molar-refractivity contribution in [3.05, 3.63) is 297 Å². The molecule has 0 atom stereocenters. The van der Waals surface area contributed by atoms with Crippen LogP contribution in [0.4, 0.5) is 0 Å². The number of fused-ring (bicyclic) bond motifs is 17. The second-order valence-electron chi connectivity index (χ2n) is 34.2. The lowest BCUT2D eigenvalue weighted by atomic mass is 9.81. The molecule has 0 bridgehead atoms. The van der Waals surface area contributed by atoms with Gasteiger partial charge in [0.25, 0.3) is 23.6 Å². The van der Waals surface area contributed by atoms with E-state index in [0.717, 1.165) is 162 Å². The summed E-state index contributed by atoms with van der Waals surface area (Å²) in [5.41, 5.74) is 17.5. The number of carbonyl (C=O) groups is 4. The third-order valence-corrected chi connectivity index (χ3v) is 26.2. The van der Waals surface area contributed by atoms with Gasteiger partial charge in [0.05, 0.1) is 70.9 Å². The Morgan fingerprint density at radius 1 is 0.475 bits per heavy atom. The van der Waals surface area contributed by atoms with Gasteiger partial charge in [-0.05, 0) is 120 Å². The van der Waals surface area contributed by atoms with Gasteiger partial charge < -0.3 is 52.4 Å². The van der Waals surface area contributed by atoms with Crippen molar-refractivity contribution >= 4 is 46.1 Å². The highest BCUT2D eigenvalue weighted by Crippen LogP contribution is 2.54. The summed E-state index contributed by atoms with van der Waals surface area (Å²) >= 11 is 6.24. The number of nitrogens with zero attached hydrogens (tertiary/aromatic N) is 13. The monoisotopic (exact) mass is 1650 g/mol. The summed E-state index contributed by atoms with van der Waals surface area (Å²) in [5, 5.41) is 24.9. The third-order valence-electron chi connectivity index (χ3n) is 26.0. The largest absolute Gasteiger partial charge is 0.482 e. The molecule has 8 aliphatic rings. The maximum Gasteiger partial charge on any atom is 0.256 e. The van der Waals surface area contributed by atoms with E-state index in [9.17, 15) is 24.4 Å². The molecule has 8 aliphatic heterocycles. The number of ether oxygens (including phenoxy) is 5. The number of halogens is 1. The van der Waals surface area contributed by atoms with E-state index >= 15 is 0 Å². The van der Waals surface area contributed by atoms with E-state index in [1.807, 2.05) is 262 Å². The number of methoxy groups -OCH3 is 1. The second-order valence-corrected chi connectivity index (χ2v) is 34.6. The fourth-order valence-corrected chi connectivity index (χ4v) is 19.7. The molecule has 13 heterocycles. The van der Waals surface area contributed by atoms with Crippen LogP contribution in [0.5, 0.6) is 23.0 Å². The Labute approximate surface area is 714 Å². The molecule has 122 heavy (non-hydrogen) atoms. The smallest absolute Gasteiger partial charge is 0.256 e. The molecule has 0 radical (unpaired) electrons. The van der Waals surface area contributed by atoms with Crippen molar-refractivity contribution in [3.8, 4) is 68.5 Å². The summed E-state index contributed by atoms with van der Waals surface area (Å²) in [6, 6.07) is 65.5. The normalized spacial score (nSPS) is 16.7. The number of aryl methyl sites for hydroxylation is 5. The van der Waals surface area contributed by atoms with Crippen molar-refractivity contribution in [2.45, 2.75) is 113 Å². The third kappa shape index (κ3) is 14.2. The molecule has 8 aromatic carbocycles. The Bertz CT molecular complexity index is 6280. The van der Waals surface area contributed by atoms with Gasteiger partial charge in [0.2, 0.25) is 0 Å². The lowest BCUT2D eigenvalue weighted by Gasteiger charge is -2.45. The molecular formula is C99H98ClN13O9. The quantitative estimate of drug-likeness (QED) is 0.152. The van der Waals surface area contributed by atoms with Crippen molar-refractivity contribution in [1.29, 1.82) is 5.26 Å². The van der Waals surface area contributed by atoms with Crippen LogP contribution in [0.2, 0.25) is 5.02 Å². The average molecular weight is 1650 g/mol. The van der Waals surface area contributed by atoms with Crippen molar-refractivity contribution in [1.82, 2.24) is 58.1 Å². The van der Waals surface area contributed by atoms with E-state index in [4.69, 9.17) is 35.3 Å². The summed E-state index contributed by atoms with van der Waals surface area (Å²) in [6.07, 6.45) is 15.6. The number of amides is 4. The Morgan fingerprint density at radius 3 is 1.41 bits per heavy atom. The predicted molar refractivity (Wildman–Crippen MR) is 468 cm³/mol. The van der Waals surface area contributed by atoms with Crippen LogP contribution >= 0.6 is 11.6 Å². The molecule has 4 fully saturated rings. The number of hydrogen-bond donors (Lipinski definition) is 0. The van der Waals surface area contributed by atoms with Gasteiger partial charge in [-0.3, -0.25) is 33.2 Å². The number of benzene rings is 8. The number of likely N-dealkylation sites (tertiary alicyclic amines) is 4. The summed E-state index contributed by atoms with van der Waals surface area (Å²) in [5.74, 6) is 3.66. The van der Waals surface area contributed by atoms with Gasteiger partial charge >= 0.3 is 0 Å². The highest BCUT2D eigenvalue weighted by atomic mass is 35.5. The zero-order valence-corrected chi connectivity index (χ0v) is 71.0. The molecule has 13 aromatic rings. The molecular weight excluding hydrogens is 1550 g/mol. The van der Waals surface area contributed by atoms with E-state index in [0.29, 0.717) is 93.5 Å². The molecule has 23 heteroatoms. The van der Waals surface area contributed by atoms with Gasteiger partial charge in [0.1, 0.15) is 39.8 Å². The molecule has 5 aromatic heterocycles. The zero-order chi connectivity index (χ0) is 84.6. The molecule has 22 nitrogen and oxygen atoms in total. The molecule has 0 saturated carbocycles. The van der Waals surface area contributed by atoms with Gasteiger partial charge in [-0.2, -0.15) is 20.6 Å². The highest BCUT2D eigenvalue weighted by molar-refractivity contribution is 6.30. The molecule has 4 spiro atoms. The number of hydrogen-bond acceptors (Lipinski definition) is 13. The van der Waals surface area contributed by atoms with Gasteiger partial charge in [0.15, 0.2) is 5.60 Å². The zero-order valence-electron chi connectivity index (χ0n) is 70.2. The molecule has 21 rings (SSSR count). The Balaban J connectivity index is 0.000000111. The van der Waals surface area contributed by atoms with Crippen LogP contribution in [0.15, 0.2) is 225 Å². The topological polar surface area (TPSA) is 214 Å². The first kappa shape index (κ1) is 80.1. The van der Waals surface area contributed by atoms with E-state index in [1.54, 1.807) is 13.2 Å². The van der Waals surface area contributed by atoms with Crippen molar-refractivity contribution in [3.63, 3.8) is 0 Å². The Hall–Kier alpha value is -13.0. The number of piperidine rings is 4. The van der Waals surface area contributed by atoms with Gasteiger partial charge in [-0.1, -0.05) is 129 Å². The highest BCUT2D eigenvalue weighted by Gasteiger charge is 2.51. The van der Waals surface area contributed by atoms with Crippen LogP contribution in [0.1, 0.15) is 158 Å². The van der Waals surface area contributed by atoms with Crippen molar-refractivity contribution in [2.24, 2.45) is 28.2 Å². The second kappa shape index (κ2) is 31.9. The van der Waals surface area contributed by atoms with Crippen LogP contribution in [0, 0.1) is 18.3 Å². The minimum atomic E-state index is -0.494. The minimum absolute atomic E-state index is 0.0450. The fourth-order valence-electron chi connectivity index (χ4n) is 19.5. The summed E-state index contributed by atoms with van der Waals surface area (Å²) < 4.78 is 41.6. The van der Waals surface area contributed by atoms with Crippen molar-refractivity contribution in [2.75, 3.05) is 59.5 Å². The summed E-state index contributed by atoms with van der Waals surface area (Å²) in [6.45, 7) is 13.7. The SMILES string of the molecule is CC(C)(C)c1ccc(C(=O)N2CCC3(CC2)Oc2cc(Cl)ccc2-n2cccc23)cc1C#N.COCc1ccccc1C(=O)N1CCC2(CC1)Oc1ccccc1-c1c2cnn1C.Cc1ccccc1C(=O)N1CCC2(CC1)Oc1ccccc1-c1c2cnn1C.Cn1ncc2c1-c1ccccc1OC21CCN(C(=O)c2cn(C)c3ccccc23)CC1. The first-order valence-corrected chi connectivity index (χ1v) is 42.4. The van der Waals surface area contributed by atoms with Crippen LogP contribution in [0.3, 0.4) is 0 Å². The Morgan fingerprint density at radius 2 is 0.910 bits per heavy atom. The molecule has 4 saturated heterocycles. The van der Waals surface area contributed by atoms with Gasteiger partial charge in [-0.25, -0.2) is 0 Å². The van der Waals surface area contributed by atoms with E-state index < -0.39 is 22.4 Å². The van der Waals surface area contributed by atoms with Gasteiger partial charge in [-0.15, -0.1) is 0 Å². The lowest BCUT2D eigenvalue weighted by molar-refractivity contribution is -0.00939. The number of para-hydroxylation sites is 4. The molecule has 0 unspecified atom stereocenters. The molecule has 0 aliphatic carbocycles. The van der Waals surface area contributed by atoms with E-state index in [1.165, 1.54) is 0 Å². The Kier molecular flexibility index (Phi) is 20.9. The number of nitriles is 1. The molecule has 4 amide bonds. The van der Waals surface area contributed by atoms with Crippen LogP contribution in [0.25, 0.3) is 50.4 Å². The van der Waals surface area contributed by atoms with Gasteiger partial charge in [0, 0.05) is 223 Å². The van der Waals surface area contributed by atoms with Crippen LogP contribution < -0.4 is 18.9 Å². The standard InChI is InChI=1S/C27H26ClN3O2.C25H24N4O2.C24H25N3O3.C23H23N3O2/c1-26(2,3)21-8-6-18(15-19(21)17-29)25(32)30-13-10-27(11-14-30)24-5-4-12-31(24)22-9-7-20(28)16-23(22)33-27;1-27-16-19(17-7-3-5-9-21(17)27)24(30)29-13-11-25(12-14-29)20-15-26-28(2)23(20)18-8-4-6-10-22(18)31-25;1-26-22-19-9-5-6-10-21(19)30-24(20(22)15-25-26)11-13-27(14-12-24)23(28)18-8-4-3-7-17(18)16-29-2;1-16-7-3-4-8-17(16)22(27)26-13-11-23(12-14-26)19-15-24-25(2)21(19)18-9-5-6-10-20(18)28-23/h4-9,12,15-16H,10-11,13-14H2,1-3H3;3-10,15-16H,11-14H2,1-2H3;3-10,15H,11-14,16H2,1-2H3;3-10,15H,11-14H2,1-2H3. The lowest BCUT2D eigenvalue weighted by Crippen LogP contribution is -2.50. The average Bonchev–Trinajstić information content (AvgIpc) is 1.60.